The van der Waals surface area contributed by atoms with Gasteiger partial charge in [0, 0.05) is 17.6 Å². The van der Waals surface area contributed by atoms with Gasteiger partial charge in [-0.3, -0.25) is 4.79 Å². The Balaban J connectivity index is 2.09. The van der Waals surface area contributed by atoms with Crippen LogP contribution >= 0.6 is 0 Å². The van der Waals surface area contributed by atoms with Crippen LogP contribution in [-0.2, 0) is 0 Å². The second-order valence-electron chi connectivity index (χ2n) is 5.47. The molecule has 1 fully saturated rings. The highest BCUT2D eigenvalue weighted by Gasteiger charge is 2.28. The zero-order chi connectivity index (χ0) is 14.0. The number of hydrogen-bond donors (Lipinski definition) is 2. The lowest BCUT2D eigenvalue weighted by Crippen LogP contribution is -2.55. The van der Waals surface area contributed by atoms with E-state index in [1.165, 1.54) is 6.07 Å². The molecule has 2 N–H and O–H groups in total. The monoisotopic (exact) mass is 264 g/mol. The minimum absolute atomic E-state index is 0.0885. The highest BCUT2D eigenvalue weighted by atomic mass is 19.1. The Hall–Kier alpha value is -1.42. The summed E-state index contributed by atoms with van der Waals surface area (Å²) in [6.07, 6.45) is 1.04. The molecule has 4 heteroatoms. The number of benzene rings is 1. The van der Waals surface area contributed by atoms with Crippen LogP contribution in [0, 0.1) is 18.7 Å². The molecule has 0 bridgehead atoms. The van der Waals surface area contributed by atoms with E-state index in [1.54, 1.807) is 19.1 Å². The summed E-state index contributed by atoms with van der Waals surface area (Å²) in [7, 11) is 0. The molecule has 1 aliphatic rings. The van der Waals surface area contributed by atoms with Gasteiger partial charge in [-0.2, -0.15) is 0 Å². The maximum Gasteiger partial charge on any atom is 0.251 e. The fourth-order valence-corrected chi connectivity index (χ4v) is 2.57. The summed E-state index contributed by atoms with van der Waals surface area (Å²) in [6, 6.07) is 4.93. The summed E-state index contributed by atoms with van der Waals surface area (Å²) in [5, 5.41) is 6.36. The fourth-order valence-electron chi connectivity index (χ4n) is 2.57. The van der Waals surface area contributed by atoms with E-state index in [9.17, 15) is 9.18 Å². The third-order valence-electron chi connectivity index (χ3n) is 3.95. The lowest BCUT2D eigenvalue weighted by molar-refractivity contribution is 0.0897. The number of carbonyl (C=O) groups excluding carboxylic acids is 1. The Morgan fingerprint density at radius 2 is 2.16 bits per heavy atom. The van der Waals surface area contributed by atoms with Gasteiger partial charge in [0.2, 0.25) is 0 Å². The Bertz CT molecular complexity index is 465. The normalized spacial score (nSPS) is 27.1. The second-order valence-corrected chi connectivity index (χ2v) is 5.47. The molecule has 1 aromatic carbocycles. The number of rotatable bonds is 2. The highest BCUT2D eigenvalue weighted by molar-refractivity contribution is 5.94. The molecule has 1 aliphatic heterocycles. The van der Waals surface area contributed by atoms with E-state index in [1.807, 2.05) is 0 Å². The third kappa shape index (κ3) is 3.13. The highest BCUT2D eigenvalue weighted by Crippen LogP contribution is 2.17. The largest absolute Gasteiger partial charge is 0.347 e. The molecule has 1 heterocycles. The Morgan fingerprint density at radius 1 is 1.42 bits per heavy atom. The standard InChI is InChI=1S/C15H21FN2O/c1-9-4-5-12(8-13(9)16)15(19)18-14-10(2)6-7-17-11(14)3/h4-5,8,10-11,14,17H,6-7H2,1-3H3,(H,18,19). The van der Waals surface area contributed by atoms with Gasteiger partial charge in [-0.05, 0) is 50.4 Å². The van der Waals surface area contributed by atoms with Crippen LogP contribution in [0.25, 0.3) is 0 Å². The van der Waals surface area contributed by atoms with Crippen LogP contribution in [0.3, 0.4) is 0 Å². The van der Waals surface area contributed by atoms with Gasteiger partial charge in [-0.15, -0.1) is 0 Å². The zero-order valence-corrected chi connectivity index (χ0v) is 11.7. The average molecular weight is 264 g/mol. The van der Waals surface area contributed by atoms with Gasteiger partial charge in [0.05, 0.1) is 0 Å². The molecular formula is C15H21FN2O. The maximum absolute atomic E-state index is 13.5. The SMILES string of the molecule is Cc1ccc(C(=O)NC2C(C)CCNC2C)cc1F. The van der Waals surface area contributed by atoms with Gasteiger partial charge in [0.1, 0.15) is 5.82 Å². The minimum atomic E-state index is -0.337. The van der Waals surface area contributed by atoms with E-state index in [-0.39, 0.29) is 23.8 Å². The van der Waals surface area contributed by atoms with Crippen molar-refractivity contribution in [3.8, 4) is 0 Å². The molecule has 19 heavy (non-hydrogen) atoms. The second kappa shape index (κ2) is 5.70. The van der Waals surface area contributed by atoms with Crippen molar-refractivity contribution in [1.29, 1.82) is 0 Å². The summed E-state index contributed by atoms with van der Waals surface area (Å²) in [5.41, 5.74) is 0.936. The average Bonchev–Trinajstić information content (AvgIpc) is 2.37. The van der Waals surface area contributed by atoms with Crippen molar-refractivity contribution < 1.29 is 9.18 Å². The van der Waals surface area contributed by atoms with Crippen molar-refractivity contribution in [2.75, 3.05) is 6.54 Å². The number of nitrogens with one attached hydrogen (secondary N) is 2. The predicted molar refractivity (Wildman–Crippen MR) is 73.6 cm³/mol. The van der Waals surface area contributed by atoms with Crippen LogP contribution in [0.4, 0.5) is 4.39 Å². The minimum Gasteiger partial charge on any atom is -0.347 e. The van der Waals surface area contributed by atoms with E-state index in [0.29, 0.717) is 17.0 Å². The molecule has 1 saturated heterocycles. The van der Waals surface area contributed by atoms with Gasteiger partial charge < -0.3 is 10.6 Å². The van der Waals surface area contributed by atoms with Crippen LogP contribution in [-0.4, -0.2) is 24.5 Å². The molecule has 3 atom stereocenters. The topological polar surface area (TPSA) is 41.1 Å². The molecule has 1 aromatic rings. The maximum atomic E-state index is 13.5. The number of aryl methyl sites for hydroxylation is 1. The molecular weight excluding hydrogens is 243 g/mol. The summed E-state index contributed by atoms with van der Waals surface area (Å²) in [6.45, 7) is 6.87. The van der Waals surface area contributed by atoms with E-state index in [2.05, 4.69) is 24.5 Å². The summed E-state index contributed by atoms with van der Waals surface area (Å²) >= 11 is 0. The lowest BCUT2D eigenvalue weighted by Gasteiger charge is -2.36. The first-order chi connectivity index (χ1) is 8.99. The van der Waals surface area contributed by atoms with Gasteiger partial charge in [-0.25, -0.2) is 4.39 Å². The lowest BCUT2D eigenvalue weighted by atomic mass is 9.89. The number of halogens is 1. The third-order valence-corrected chi connectivity index (χ3v) is 3.95. The molecule has 2 rings (SSSR count). The molecule has 0 saturated carbocycles. The van der Waals surface area contributed by atoms with Crippen molar-refractivity contribution in [2.45, 2.75) is 39.3 Å². The van der Waals surface area contributed by atoms with Gasteiger partial charge in [0.15, 0.2) is 0 Å². The molecule has 3 unspecified atom stereocenters. The zero-order valence-electron chi connectivity index (χ0n) is 11.7. The molecule has 0 aliphatic carbocycles. The number of amides is 1. The summed E-state index contributed by atoms with van der Waals surface area (Å²) in [4.78, 5) is 12.2. The van der Waals surface area contributed by atoms with E-state index in [4.69, 9.17) is 0 Å². The van der Waals surface area contributed by atoms with Crippen LogP contribution in [0.5, 0.6) is 0 Å². The quantitative estimate of drug-likeness (QED) is 0.860. The van der Waals surface area contributed by atoms with Crippen LogP contribution in [0.1, 0.15) is 36.2 Å². The first-order valence-corrected chi connectivity index (χ1v) is 6.79. The molecule has 1 amide bonds. The van der Waals surface area contributed by atoms with Crippen LogP contribution in [0.2, 0.25) is 0 Å². The molecule has 0 spiro atoms. The van der Waals surface area contributed by atoms with Crippen molar-refractivity contribution in [3.63, 3.8) is 0 Å². The first kappa shape index (κ1) is 14.0. The smallest absolute Gasteiger partial charge is 0.251 e. The van der Waals surface area contributed by atoms with Crippen molar-refractivity contribution in [3.05, 3.63) is 35.1 Å². The Kier molecular flexibility index (Phi) is 4.20. The molecule has 0 aromatic heterocycles. The summed E-state index contributed by atoms with van der Waals surface area (Å²) < 4.78 is 13.5. The van der Waals surface area contributed by atoms with Crippen LogP contribution in [0.15, 0.2) is 18.2 Å². The Labute approximate surface area is 113 Å². The van der Waals surface area contributed by atoms with Crippen molar-refractivity contribution >= 4 is 5.91 Å². The fraction of sp³-hybridized carbons (Fsp3) is 0.533. The van der Waals surface area contributed by atoms with Gasteiger partial charge in [-0.1, -0.05) is 13.0 Å². The van der Waals surface area contributed by atoms with Crippen molar-refractivity contribution in [2.24, 2.45) is 5.92 Å². The number of carbonyl (C=O) groups is 1. The number of hydrogen-bond acceptors (Lipinski definition) is 2. The molecule has 0 radical (unpaired) electrons. The van der Waals surface area contributed by atoms with Gasteiger partial charge >= 0.3 is 0 Å². The van der Waals surface area contributed by atoms with E-state index >= 15 is 0 Å². The number of piperidine rings is 1. The van der Waals surface area contributed by atoms with Crippen LogP contribution < -0.4 is 10.6 Å². The van der Waals surface area contributed by atoms with Gasteiger partial charge in [0.25, 0.3) is 5.91 Å². The predicted octanol–water partition coefficient (Wildman–Crippen LogP) is 2.25. The Morgan fingerprint density at radius 3 is 2.79 bits per heavy atom. The van der Waals surface area contributed by atoms with E-state index < -0.39 is 0 Å². The van der Waals surface area contributed by atoms with Crippen molar-refractivity contribution in [1.82, 2.24) is 10.6 Å². The first-order valence-electron chi connectivity index (χ1n) is 6.79. The van der Waals surface area contributed by atoms with E-state index in [0.717, 1.165) is 13.0 Å². The molecule has 3 nitrogen and oxygen atoms in total. The molecule has 104 valence electrons. The summed E-state index contributed by atoms with van der Waals surface area (Å²) in [5.74, 6) is -0.114.